The maximum absolute atomic E-state index is 12.6. The van der Waals surface area contributed by atoms with Gasteiger partial charge in [0.25, 0.3) is 0 Å². The van der Waals surface area contributed by atoms with Crippen LogP contribution < -0.4 is 5.43 Å². The Balaban J connectivity index is 1.75. The first-order valence-electron chi connectivity index (χ1n) is 8.38. The van der Waals surface area contributed by atoms with Crippen molar-refractivity contribution in [2.24, 2.45) is 0 Å². The largest absolute Gasteiger partial charge is 0.465 e. The molecule has 1 aliphatic heterocycles. The van der Waals surface area contributed by atoms with E-state index < -0.39 is 5.25 Å². The SMILES string of the molecule is CCOC(=O)[C@@H]1Sc2nnc(-c3ccncc3)n2N[C@@H]1c1ccc(Cl)cc1. The number of hydrogen-bond acceptors (Lipinski definition) is 7. The lowest BCUT2D eigenvalue weighted by atomic mass is 10.0. The van der Waals surface area contributed by atoms with Crippen molar-refractivity contribution in [2.45, 2.75) is 23.4 Å². The van der Waals surface area contributed by atoms with Crippen molar-refractivity contribution in [2.75, 3.05) is 12.0 Å². The lowest BCUT2D eigenvalue weighted by Crippen LogP contribution is -2.39. The van der Waals surface area contributed by atoms with Crippen LogP contribution >= 0.6 is 23.4 Å². The summed E-state index contributed by atoms with van der Waals surface area (Å²) in [7, 11) is 0. The molecule has 3 heterocycles. The number of rotatable bonds is 4. The van der Waals surface area contributed by atoms with Gasteiger partial charge in [0.1, 0.15) is 5.25 Å². The van der Waals surface area contributed by atoms with E-state index in [0.717, 1.165) is 11.1 Å². The zero-order valence-corrected chi connectivity index (χ0v) is 15.9. The van der Waals surface area contributed by atoms with E-state index in [-0.39, 0.29) is 12.0 Å². The Hall–Kier alpha value is -2.58. The van der Waals surface area contributed by atoms with Crippen LogP contribution in [0.2, 0.25) is 5.02 Å². The highest BCUT2D eigenvalue weighted by molar-refractivity contribution is 8.00. The number of halogens is 1. The van der Waals surface area contributed by atoms with Gasteiger partial charge in [0.15, 0.2) is 5.82 Å². The van der Waals surface area contributed by atoms with Gasteiger partial charge in [-0.2, -0.15) is 0 Å². The molecule has 4 rings (SSSR count). The molecule has 2 atom stereocenters. The molecule has 1 aliphatic rings. The molecule has 1 N–H and O–H groups in total. The van der Waals surface area contributed by atoms with Gasteiger partial charge < -0.3 is 10.2 Å². The quantitative estimate of drug-likeness (QED) is 0.671. The summed E-state index contributed by atoms with van der Waals surface area (Å²) in [6.45, 7) is 2.11. The van der Waals surface area contributed by atoms with E-state index in [2.05, 4.69) is 20.6 Å². The van der Waals surface area contributed by atoms with Gasteiger partial charge in [-0.1, -0.05) is 35.5 Å². The predicted molar refractivity (Wildman–Crippen MR) is 103 cm³/mol. The van der Waals surface area contributed by atoms with Gasteiger partial charge in [0.2, 0.25) is 5.16 Å². The molecule has 1 aromatic carbocycles. The second-order valence-corrected chi connectivity index (χ2v) is 7.37. The number of carbonyl (C=O) groups is 1. The first-order chi connectivity index (χ1) is 13.2. The number of fused-ring (bicyclic) bond motifs is 1. The van der Waals surface area contributed by atoms with Crippen molar-refractivity contribution >= 4 is 29.3 Å². The van der Waals surface area contributed by atoms with E-state index >= 15 is 0 Å². The average molecular weight is 402 g/mol. The Kier molecular flexibility index (Phi) is 5.00. The second-order valence-electron chi connectivity index (χ2n) is 5.83. The van der Waals surface area contributed by atoms with Crippen molar-refractivity contribution in [1.29, 1.82) is 0 Å². The monoisotopic (exact) mass is 401 g/mol. The molecule has 2 aromatic heterocycles. The summed E-state index contributed by atoms with van der Waals surface area (Å²) in [5.74, 6) is 0.357. The van der Waals surface area contributed by atoms with E-state index in [1.54, 1.807) is 36.1 Å². The summed E-state index contributed by atoms with van der Waals surface area (Å²) in [4.78, 5) is 16.6. The van der Waals surface area contributed by atoms with Crippen LogP contribution in [0.25, 0.3) is 11.4 Å². The second kappa shape index (κ2) is 7.58. The van der Waals surface area contributed by atoms with Crippen LogP contribution in [0.3, 0.4) is 0 Å². The molecule has 0 unspecified atom stereocenters. The number of hydrogen-bond donors (Lipinski definition) is 1. The van der Waals surface area contributed by atoms with Crippen LogP contribution in [-0.4, -0.2) is 37.7 Å². The molecule has 0 fully saturated rings. The highest BCUT2D eigenvalue weighted by Gasteiger charge is 2.38. The molecule has 0 amide bonds. The number of esters is 1. The van der Waals surface area contributed by atoms with Gasteiger partial charge in [-0.25, -0.2) is 4.68 Å². The maximum Gasteiger partial charge on any atom is 0.322 e. The van der Waals surface area contributed by atoms with E-state index in [1.807, 2.05) is 24.3 Å². The van der Waals surface area contributed by atoms with Gasteiger partial charge in [0, 0.05) is 23.0 Å². The molecule has 0 saturated heterocycles. The standard InChI is InChI=1S/C18H16ClN5O2S/c1-2-26-17(25)15-14(11-3-5-13(19)6-4-11)23-24-16(21-22-18(24)27-15)12-7-9-20-10-8-12/h3-10,14-15,23H,2H2,1H3/t14-,15-/m1/s1. The fourth-order valence-corrected chi connectivity index (χ4v) is 4.07. The van der Waals surface area contributed by atoms with Gasteiger partial charge in [-0.05, 0) is 36.8 Å². The Labute approximate surface area is 165 Å². The molecule has 0 aliphatic carbocycles. The molecule has 0 bridgehead atoms. The Morgan fingerprint density at radius 3 is 2.67 bits per heavy atom. The summed E-state index contributed by atoms with van der Waals surface area (Å²) in [6, 6.07) is 10.8. The van der Waals surface area contributed by atoms with Gasteiger partial charge in [-0.15, -0.1) is 10.2 Å². The van der Waals surface area contributed by atoms with Crippen LogP contribution in [0, 0.1) is 0 Å². The zero-order valence-electron chi connectivity index (χ0n) is 14.4. The van der Waals surface area contributed by atoms with Crippen LogP contribution in [0.1, 0.15) is 18.5 Å². The number of aromatic nitrogens is 4. The van der Waals surface area contributed by atoms with Gasteiger partial charge >= 0.3 is 5.97 Å². The number of pyridine rings is 1. The lowest BCUT2D eigenvalue weighted by molar-refractivity contribution is -0.142. The minimum Gasteiger partial charge on any atom is -0.465 e. The van der Waals surface area contributed by atoms with E-state index in [4.69, 9.17) is 16.3 Å². The van der Waals surface area contributed by atoms with Crippen LogP contribution in [0.15, 0.2) is 53.9 Å². The van der Waals surface area contributed by atoms with Gasteiger partial charge in [-0.3, -0.25) is 9.78 Å². The molecular weight excluding hydrogens is 386 g/mol. The fraction of sp³-hybridized carbons (Fsp3) is 0.222. The Morgan fingerprint density at radius 2 is 1.96 bits per heavy atom. The summed E-state index contributed by atoms with van der Waals surface area (Å²) >= 11 is 7.35. The third kappa shape index (κ3) is 3.50. The molecule has 3 aromatic rings. The third-order valence-electron chi connectivity index (χ3n) is 4.12. The summed E-state index contributed by atoms with van der Waals surface area (Å²) in [5, 5.41) is 9.26. The number of nitrogens with zero attached hydrogens (tertiary/aromatic N) is 4. The summed E-state index contributed by atoms with van der Waals surface area (Å²) in [6.07, 6.45) is 3.40. The minimum atomic E-state index is -0.492. The number of carbonyl (C=O) groups excluding carboxylic acids is 1. The van der Waals surface area contributed by atoms with Crippen LogP contribution in [0.4, 0.5) is 0 Å². The van der Waals surface area contributed by atoms with Crippen LogP contribution in [-0.2, 0) is 9.53 Å². The van der Waals surface area contributed by atoms with E-state index in [9.17, 15) is 4.79 Å². The normalized spacial score (nSPS) is 18.4. The summed E-state index contributed by atoms with van der Waals surface area (Å²) < 4.78 is 7.07. The topological polar surface area (TPSA) is 81.9 Å². The molecule has 0 saturated carbocycles. The van der Waals surface area contributed by atoms with Crippen molar-refractivity contribution < 1.29 is 9.53 Å². The molecule has 27 heavy (non-hydrogen) atoms. The molecular formula is C18H16ClN5O2S. The third-order valence-corrected chi connectivity index (χ3v) is 5.57. The first-order valence-corrected chi connectivity index (χ1v) is 9.64. The van der Waals surface area contributed by atoms with Crippen molar-refractivity contribution in [1.82, 2.24) is 19.9 Å². The molecule has 138 valence electrons. The highest BCUT2D eigenvalue weighted by atomic mass is 35.5. The van der Waals surface area contributed by atoms with Crippen LogP contribution in [0.5, 0.6) is 0 Å². The smallest absolute Gasteiger partial charge is 0.322 e. The van der Waals surface area contributed by atoms with Crippen molar-refractivity contribution in [3.8, 4) is 11.4 Å². The number of thioether (sulfide) groups is 1. The number of benzene rings is 1. The Morgan fingerprint density at radius 1 is 1.22 bits per heavy atom. The van der Waals surface area contributed by atoms with Crippen molar-refractivity contribution in [3.63, 3.8) is 0 Å². The lowest BCUT2D eigenvalue weighted by Gasteiger charge is -2.32. The first kappa shape index (κ1) is 17.8. The molecule has 7 nitrogen and oxygen atoms in total. The highest BCUT2D eigenvalue weighted by Crippen LogP contribution is 2.39. The summed E-state index contributed by atoms with van der Waals surface area (Å²) in [5.41, 5.74) is 5.17. The molecule has 0 radical (unpaired) electrons. The predicted octanol–water partition coefficient (Wildman–Crippen LogP) is 3.32. The fourth-order valence-electron chi connectivity index (χ4n) is 2.87. The zero-order chi connectivity index (χ0) is 18.8. The average Bonchev–Trinajstić information content (AvgIpc) is 3.11. The molecule has 9 heteroatoms. The molecule has 0 spiro atoms. The van der Waals surface area contributed by atoms with E-state index in [0.29, 0.717) is 22.6 Å². The minimum absolute atomic E-state index is 0.297. The maximum atomic E-state index is 12.6. The number of ether oxygens (including phenoxy) is 1. The van der Waals surface area contributed by atoms with Gasteiger partial charge in [0.05, 0.1) is 12.6 Å². The van der Waals surface area contributed by atoms with E-state index in [1.165, 1.54) is 11.8 Å². The Bertz CT molecular complexity index is 948. The number of nitrogens with one attached hydrogen (secondary N) is 1. The van der Waals surface area contributed by atoms with Crippen molar-refractivity contribution in [3.05, 3.63) is 59.4 Å².